The van der Waals surface area contributed by atoms with Gasteiger partial charge in [-0.2, -0.15) is 11.8 Å². The fourth-order valence-corrected chi connectivity index (χ4v) is 1.87. The number of ether oxygens (including phenoxy) is 1. The first-order valence-corrected chi connectivity index (χ1v) is 6.70. The second kappa shape index (κ2) is 9.22. The molecule has 0 radical (unpaired) electrons. The van der Waals surface area contributed by atoms with Crippen molar-refractivity contribution in [3.8, 4) is 0 Å². The molecule has 1 unspecified atom stereocenters. The highest BCUT2D eigenvalue weighted by molar-refractivity contribution is 7.97. The number of halogens is 1. The van der Waals surface area contributed by atoms with Gasteiger partial charge in [0.05, 0.1) is 6.61 Å². The van der Waals surface area contributed by atoms with Crippen LogP contribution in [0.5, 0.6) is 0 Å². The summed E-state index contributed by atoms with van der Waals surface area (Å²) in [6.07, 6.45) is 2.06. The summed E-state index contributed by atoms with van der Waals surface area (Å²) >= 11 is 1.76. The highest BCUT2D eigenvalue weighted by Gasteiger charge is 2.12. The lowest BCUT2D eigenvalue weighted by atomic mass is 10.2. The Kier molecular flexibility index (Phi) is 8.83. The minimum atomic E-state index is -0.633. The van der Waals surface area contributed by atoms with Crippen LogP contribution in [0.3, 0.4) is 0 Å². The Morgan fingerprint density at radius 3 is 2.56 bits per heavy atom. The van der Waals surface area contributed by atoms with E-state index in [4.69, 9.17) is 10.5 Å². The van der Waals surface area contributed by atoms with Crippen molar-refractivity contribution in [1.82, 2.24) is 0 Å². The molecule has 1 amide bonds. The SMILES string of the molecule is COCC(N)C(=O)Nc1ccc(CSC)cc1.Cl. The molecule has 0 heterocycles. The van der Waals surface area contributed by atoms with E-state index in [1.807, 2.05) is 24.3 Å². The minimum absolute atomic E-state index is 0. The van der Waals surface area contributed by atoms with Crippen molar-refractivity contribution in [3.05, 3.63) is 29.8 Å². The van der Waals surface area contributed by atoms with Gasteiger partial charge in [-0.1, -0.05) is 12.1 Å². The summed E-state index contributed by atoms with van der Waals surface area (Å²) in [6.45, 7) is 0.219. The van der Waals surface area contributed by atoms with Crippen molar-refractivity contribution in [2.45, 2.75) is 11.8 Å². The number of benzene rings is 1. The molecule has 18 heavy (non-hydrogen) atoms. The molecule has 3 N–H and O–H groups in total. The van der Waals surface area contributed by atoms with Crippen molar-refractivity contribution in [3.63, 3.8) is 0 Å². The van der Waals surface area contributed by atoms with E-state index in [9.17, 15) is 4.79 Å². The third-order valence-electron chi connectivity index (χ3n) is 2.22. The first-order chi connectivity index (χ1) is 8.17. The Hall–Kier alpha value is -0.750. The second-order valence-corrected chi connectivity index (χ2v) is 4.55. The van der Waals surface area contributed by atoms with E-state index in [-0.39, 0.29) is 24.9 Å². The van der Waals surface area contributed by atoms with E-state index in [1.54, 1.807) is 11.8 Å². The average Bonchev–Trinajstić information content (AvgIpc) is 2.32. The Balaban J connectivity index is 0.00000289. The van der Waals surface area contributed by atoms with Crippen molar-refractivity contribution in [2.75, 3.05) is 25.3 Å². The van der Waals surface area contributed by atoms with Gasteiger partial charge < -0.3 is 15.8 Å². The van der Waals surface area contributed by atoms with Crippen LogP contribution in [0.2, 0.25) is 0 Å². The highest BCUT2D eigenvalue weighted by atomic mass is 35.5. The predicted molar refractivity (Wildman–Crippen MR) is 79.4 cm³/mol. The zero-order valence-corrected chi connectivity index (χ0v) is 12.1. The number of rotatable bonds is 6. The average molecular weight is 291 g/mol. The van der Waals surface area contributed by atoms with Crippen molar-refractivity contribution in [2.24, 2.45) is 5.73 Å². The summed E-state index contributed by atoms with van der Waals surface area (Å²) in [5.41, 5.74) is 7.60. The van der Waals surface area contributed by atoms with Crippen LogP contribution in [-0.4, -0.2) is 31.9 Å². The molecule has 0 saturated heterocycles. The Labute approximate surface area is 118 Å². The van der Waals surface area contributed by atoms with E-state index < -0.39 is 6.04 Å². The molecule has 1 rings (SSSR count). The first kappa shape index (κ1) is 17.2. The first-order valence-electron chi connectivity index (χ1n) is 5.30. The molecule has 4 nitrogen and oxygen atoms in total. The standard InChI is InChI=1S/C12H18N2O2S.ClH/c1-16-7-11(13)12(15)14-10-5-3-9(4-6-10)8-17-2;/h3-6,11H,7-8,13H2,1-2H3,(H,14,15);1H. The summed E-state index contributed by atoms with van der Waals surface area (Å²) in [6, 6.07) is 7.11. The maximum atomic E-state index is 11.6. The molecule has 1 aromatic carbocycles. The Morgan fingerprint density at radius 2 is 2.06 bits per heavy atom. The van der Waals surface area contributed by atoms with Gasteiger partial charge in [0, 0.05) is 18.6 Å². The van der Waals surface area contributed by atoms with Crippen molar-refractivity contribution >= 4 is 35.8 Å². The molecular formula is C12H19ClN2O2S. The van der Waals surface area contributed by atoms with Crippen LogP contribution in [0.25, 0.3) is 0 Å². The van der Waals surface area contributed by atoms with Crippen LogP contribution in [0.15, 0.2) is 24.3 Å². The number of thioether (sulfide) groups is 1. The zero-order valence-electron chi connectivity index (χ0n) is 10.5. The van der Waals surface area contributed by atoms with E-state index in [0.29, 0.717) is 0 Å². The van der Waals surface area contributed by atoms with E-state index in [2.05, 4.69) is 11.6 Å². The van der Waals surface area contributed by atoms with Crippen LogP contribution in [0.4, 0.5) is 5.69 Å². The van der Waals surface area contributed by atoms with Crippen molar-refractivity contribution in [1.29, 1.82) is 0 Å². The monoisotopic (exact) mass is 290 g/mol. The summed E-state index contributed by atoms with van der Waals surface area (Å²) in [5, 5.41) is 2.75. The third kappa shape index (κ3) is 5.73. The van der Waals surface area contributed by atoms with Crippen molar-refractivity contribution < 1.29 is 9.53 Å². The van der Waals surface area contributed by atoms with Crippen LogP contribution in [-0.2, 0) is 15.3 Å². The molecule has 0 aliphatic carbocycles. The molecule has 0 saturated carbocycles. The highest BCUT2D eigenvalue weighted by Crippen LogP contribution is 2.13. The molecule has 0 bridgehead atoms. The smallest absolute Gasteiger partial charge is 0.243 e. The quantitative estimate of drug-likeness (QED) is 0.840. The summed E-state index contributed by atoms with van der Waals surface area (Å²) in [5.74, 6) is 0.738. The Morgan fingerprint density at radius 1 is 1.44 bits per heavy atom. The number of methoxy groups -OCH3 is 1. The van der Waals surface area contributed by atoms with Gasteiger partial charge in [-0.05, 0) is 24.0 Å². The summed E-state index contributed by atoms with van der Waals surface area (Å²) < 4.78 is 4.82. The fraction of sp³-hybridized carbons (Fsp3) is 0.417. The van der Waals surface area contributed by atoms with E-state index in [0.717, 1.165) is 11.4 Å². The molecule has 1 aromatic rings. The number of amides is 1. The van der Waals surface area contributed by atoms with Gasteiger partial charge in [0.1, 0.15) is 6.04 Å². The normalized spacial score (nSPS) is 11.5. The lowest BCUT2D eigenvalue weighted by Crippen LogP contribution is -2.39. The topological polar surface area (TPSA) is 64.3 Å². The molecule has 0 aliphatic heterocycles. The number of nitrogens with two attached hydrogens (primary N) is 1. The number of hydrogen-bond donors (Lipinski definition) is 2. The van der Waals surface area contributed by atoms with E-state index in [1.165, 1.54) is 12.7 Å². The Bertz CT molecular complexity index is 360. The zero-order chi connectivity index (χ0) is 12.7. The molecule has 0 fully saturated rings. The van der Waals surface area contributed by atoms with Gasteiger partial charge in [0.15, 0.2) is 0 Å². The number of anilines is 1. The minimum Gasteiger partial charge on any atom is -0.383 e. The van der Waals surface area contributed by atoms with Gasteiger partial charge in [0.2, 0.25) is 5.91 Å². The van der Waals surface area contributed by atoms with Gasteiger partial charge in [-0.15, -0.1) is 12.4 Å². The molecule has 1 atom stereocenters. The van der Waals surface area contributed by atoms with Gasteiger partial charge >= 0.3 is 0 Å². The maximum absolute atomic E-state index is 11.6. The van der Waals surface area contributed by atoms with Gasteiger partial charge in [0.25, 0.3) is 0 Å². The van der Waals surface area contributed by atoms with E-state index >= 15 is 0 Å². The van der Waals surface area contributed by atoms with Gasteiger partial charge in [-0.3, -0.25) is 4.79 Å². The van der Waals surface area contributed by atoms with Gasteiger partial charge in [-0.25, -0.2) is 0 Å². The molecular weight excluding hydrogens is 272 g/mol. The second-order valence-electron chi connectivity index (χ2n) is 3.68. The third-order valence-corrected chi connectivity index (χ3v) is 2.84. The predicted octanol–water partition coefficient (Wildman–Crippen LogP) is 1.88. The molecule has 102 valence electrons. The fourth-order valence-electron chi connectivity index (χ4n) is 1.34. The molecule has 6 heteroatoms. The van der Waals surface area contributed by atoms with Crippen LogP contribution < -0.4 is 11.1 Å². The number of carbonyl (C=O) groups excluding carboxylic acids is 1. The molecule has 0 spiro atoms. The van der Waals surface area contributed by atoms with Crippen LogP contribution >= 0.6 is 24.2 Å². The summed E-state index contributed by atoms with van der Waals surface area (Å²) in [4.78, 5) is 11.6. The maximum Gasteiger partial charge on any atom is 0.243 e. The lowest BCUT2D eigenvalue weighted by Gasteiger charge is -2.11. The molecule has 0 aliphatic rings. The number of carbonyl (C=O) groups is 1. The summed E-state index contributed by atoms with van der Waals surface area (Å²) in [7, 11) is 1.52. The van der Waals surface area contributed by atoms with Crippen LogP contribution in [0, 0.1) is 0 Å². The van der Waals surface area contributed by atoms with Crippen LogP contribution in [0.1, 0.15) is 5.56 Å². The lowest BCUT2D eigenvalue weighted by molar-refractivity contribution is -0.118. The largest absolute Gasteiger partial charge is 0.383 e. The number of hydrogen-bond acceptors (Lipinski definition) is 4. The number of nitrogens with one attached hydrogen (secondary N) is 1. The molecule has 0 aromatic heterocycles.